The molecule has 0 saturated carbocycles. The molecule has 0 aromatic carbocycles. The molecule has 0 saturated heterocycles. The molecule has 0 radical (unpaired) electrons. The lowest BCUT2D eigenvalue weighted by molar-refractivity contribution is -0.132. The Morgan fingerprint density at radius 2 is 2.05 bits per heavy atom. The van der Waals surface area contributed by atoms with Crippen LogP contribution < -0.4 is 5.32 Å². The van der Waals surface area contributed by atoms with Crippen molar-refractivity contribution in [3.8, 4) is 0 Å². The van der Waals surface area contributed by atoms with Gasteiger partial charge in [0.05, 0.1) is 12.3 Å². The average molecular weight is 268 g/mol. The molecule has 0 spiro atoms. The molecular weight excluding hydrogens is 248 g/mol. The summed E-state index contributed by atoms with van der Waals surface area (Å²) in [6.07, 6.45) is 1.33. The van der Waals surface area contributed by atoms with Crippen molar-refractivity contribution in [1.29, 1.82) is 0 Å². The largest absolute Gasteiger partial charge is 0.475 e. The van der Waals surface area contributed by atoms with Gasteiger partial charge in [0.25, 0.3) is 0 Å². The maximum atomic E-state index is 12.0. The van der Waals surface area contributed by atoms with E-state index in [1.54, 1.807) is 17.9 Å². The van der Waals surface area contributed by atoms with Crippen molar-refractivity contribution in [2.75, 3.05) is 13.1 Å². The van der Waals surface area contributed by atoms with Gasteiger partial charge in [-0.05, 0) is 26.8 Å². The fourth-order valence-corrected chi connectivity index (χ4v) is 1.82. The smallest absolute Gasteiger partial charge is 0.372 e. The molecule has 6 nitrogen and oxygen atoms in total. The van der Waals surface area contributed by atoms with Crippen molar-refractivity contribution in [2.24, 2.45) is 0 Å². The second kappa shape index (κ2) is 6.94. The van der Waals surface area contributed by atoms with Gasteiger partial charge in [-0.2, -0.15) is 0 Å². The van der Waals surface area contributed by atoms with E-state index in [4.69, 9.17) is 9.52 Å². The zero-order chi connectivity index (χ0) is 14.4. The normalized spacial score (nSPS) is 12.2. The molecular formula is C13H20N2O4. The predicted octanol–water partition coefficient (Wildman–Crippen LogP) is 1.32. The molecule has 0 aliphatic carbocycles. The van der Waals surface area contributed by atoms with Crippen LogP contribution in [0.15, 0.2) is 16.7 Å². The number of carboxylic acids is 1. The molecule has 0 bridgehead atoms. The molecule has 1 heterocycles. The number of nitrogens with zero attached hydrogens (tertiary/aromatic N) is 1. The zero-order valence-electron chi connectivity index (χ0n) is 11.5. The van der Waals surface area contributed by atoms with Crippen LogP contribution in [-0.4, -0.2) is 41.0 Å². The van der Waals surface area contributed by atoms with Crippen molar-refractivity contribution >= 4 is 11.9 Å². The van der Waals surface area contributed by atoms with Crippen LogP contribution in [-0.2, 0) is 11.3 Å². The Balaban J connectivity index is 2.59. The Hall–Kier alpha value is -1.82. The molecule has 0 aliphatic heterocycles. The minimum absolute atomic E-state index is 0.00497. The monoisotopic (exact) mass is 268 g/mol. The van der Waals surface area contributed by atoms with Gasteiger partial charge in [-0.3, -0.25) is 4.79 Å². The van der Waals surface area contributed by atoms with E-state index in [2.05, 4.69) is 5.32 Å². The van der Waals surface area contributed by atoms with E-state index in [0.717, 1.165) is 0 Å². The third-order valence-corrected chi connectivity index (χ3v) is 2.99. The number of hydrogen-bond donors (Lipinski definition) is 2. The Bertz CT molecular complexity index is 438. The summed E-state index contributed by atoms with van der Waals surface area (Å²) in [6.45, 7) is 7.22. The highest BCUT2D eigenvalue weighted by Gasteiger charge is 2.19. The van der Waals surface area contributed by atoms with Crippen molar-refractivity contribution in [1.82, 2.24) is 10.2 Å². The van der Waals surface area contributed by atoms with Crippen LogP contribution in [0.3, 0.4) is 0 Å². The minimum Gasteiger partial charge on any atom is -0.475 e. The van der Waals surface area contributed by atoms with Gasteiger partial charge in [-0.15, -0.1) is 0 Å². The van der Waals surface area contributed by atoms with Gasteiger partial charge in [0.2, 0.25) is 11.7 Å². The summed E-state index contributed by atoms with van der Waals surface area (Å²) in [5.74, 6) is -1.19. The van der Waals surface area contributed by atoms with Crippen LogP contribution in [0.5, 0.6) is 0 Å². The molecule has 0 aliphatic rings. The van der Waals surface area contributed by atoms with E-state index in [1.165, 1.54) is 6.26 Å². The van der Waals surface area contributed by atoms with Crippen molar-refractivity contribution in [3.05, 3.63) is 23.7 Å². The quantitative estimate of drug-likeness (QED) is 0.779. The summed E-state index contributed by atoms with van der Waals surface area (Å²) in [7, 11) is 0. The van der Waals surface area contributed by atoms with Crippen molar-refractivity contribution in [2.45, 2.75) is 33.4 Å². The molecule has 1 amide bonds. The number of carbonyl (C=O) groups is 2. The first kappa shape index (κ1) is 15.2. The van der Waals surface area contributed by atoms with Gasteiger partial charge in [0, 0.05) is 25.2 Å². The van der Waals surface area contributed by atoms with E-state index in [9.17, 15) is 9.59 Å². The summed E-state index contributed by atoms with van der Waals surface area (Å²) in [5, 5.41) is 11.9. The molecule has 6 heteroatoms. The predicted molar refractivity (Wildman–Crippen MR) is 69.9 cm³/mol. The molecule has 19 heavy (non-hydrogen) atoms. The lowest BCUT2D eigenvalue weighted by atomic mass is 10.2. The van der Waals surface area contributed by atoms with Crippen molar-refractivity contribution < 1.29 is 19.1 Å². The number of nitrogens with one attached hydrogen (secondary N) is 1. The summed E-state index contributed by atoms with van der Waals surface area (Å²) in [4.78, 5) is 24.6. The molecule has 0 fully saturated rings. The number of carbonyl (C=O) groups excluding carboxylic acids is 1. The molecule has 1 atom stereocenters. The summed E-state index contributed by atoms with van der Waals surface area (Å²) in [5.41, 5.74) is 0.534. The maximum absolute atomic E-state index is 12.0. The third kappa shape index (κ3) is 3.82. The number of amides is 1. The molecule has 1 aromatic heterocycles. The van der Waals surface area contributed by atoms with Crippen LogP contribution in [0.25, 0.3) is 0 Å². The Kier molecular flexibility index (Phi) is 5.57. The first-order valence-corrected chi connectivity index (χ1v) is 6.33. The minimum atomic E-state index is -1.11. The Morgan fingerprint density at radius 3 is 2.58 bits per heavy atom. The number of hydrogen-bond acceptors (Lipinski definition) is 4. The van der Waals surface area contributed by atoms with Gasteiger partial charge in [-0.1, -0.05) is 0 Å². The van der Waals surface area contributed by atoms with Crippen LogP contribution in [0.4, 0.5) is 0 Å². The molecule has 2 N–H and O–H groups in total. The maximum Gasteiger partial charge on any atom is 0.372 e. The van der Waals surface area contributed by atoms with E-state index in [0.29, 0.717) is 18.7 Å². The van der Waals surface area contributed by atoms with Gasteiger partial charge in [-0.25, -0.2) is 4.79 Å². The summed E-state index contributed by atoms with van der Waals surface area (Å²) < 4.78 is 4.87. The Labute approximate surface area is 112 Å². The number of aromatic carboxylic acids is 1. The summed E-state index contributed by atoms with van der Waals surface area (Å²) >= 11 is 0. The van der Waals surface area contributed by atoms with Crippen LogP contribution in [0, 0.1) is 0 Å². The number of likely N-dealkylation sites (N-methyl/N-ethyl adjacent to an activating group) is 1. The molecule has 1 aromatic rings. The molecule has 1 unspecified atom stereocenters. The highest BCUT2D eigenvalue weighted by Crippen LogP contribution is 2.10. The Morgan fingerprint density at radius 1 is 1.42 bits per heavy atom. The van der Waals surface area contributed by atoms with Crippen LogP contribution in [0.1, 0.15) is 36.9 Å². The van der Waals surface area contributed by atoms with E-state index >= 15 is 0 Å². The van der Waals surface area contributed by atoms with Gasteiger partial charge in [0.1, 0.15) is 0 Å². The van der Waals surface area contributed by atoms with Gasteiger partial charge >= 0.3 is 5.97 Å². The third-order valence-electron chi connectivity index (χ3n) is 2.99. The van der Waals surface area contributed by atoms with E-state index in [-0.39, 0.29) is 24.3 Å². The fourth-order valence-electron chi connectivity index (χ4n) is 1.82. The molecule has 106 valence electrons. The first-order chi connectivity index (χ1) is 9.01. The highest BCUT2D eigenvalue weighted by atomic mass is 16.4. The SMILES string of the molecule is CCN(CC)C(=O)C(C)NCc1ccoc1C(=O)O. The first-order valence-electron chi connectivity index (χ1n) is 6.33. The van der Waals surface area contributed by atoms with Crippen molar-refractivity contribution in [3.63, 3.8) is 0 Å². The lowest BCUT2D eigenvalue weighted by Gasteiger charge is -2.23. The van der Waals surface area contributed by atoms with Gasteiger partial charge in [0.15, 0.2) is 0 Å². The highest BCUT2D eigenvalue weighted by molar-refractivity contribution is 5.86. The zero-order valence-corrected chi connectivity index (χ0v) is 11.5. The number of rotatable bonds is 7. The van der Waals surface area contributed by atoms with E-state index in [1.807, 2.05) is 13.8 Å². The topological polar surface area (TPSA) is 82.8 Å². The van der Waals surface area contributed by atoms with Gasteiger partial charge < -0.3 is 19.7 Å². The van der Waals surface area contributed by atoms with Crippen LogP contribution in [0.2, 0.25) is 0 Å². The fraction of sp³-hybridized carbons (Fsp3) is 0.538. The van der Waals surface area contributed by atoms with E-state index < -0.39 is 5.97 Å². The average Bonchev–Trinajstić information content (AvgIpc) is 2.85. The summed E-state index contributed by atoms with van der Waals surface area (Å²) in [6, 6.07) is 1.22. The standard InChI is InChI=1S/C13H20N2O4/c1-4-15(5-2)12(16)9(3)14-8-10-6-7-19-11(10)13(17)18/h6-7,9,14H,4-5,8H2,1-3H3,(H,17,18). The molecule has 1 rings (SSSR count). The lowest BCUT2D eigenvalue weighted by Crippen LogP contribution is -2.44. The number of carboxylic acid groups (broad SMARTS) is 1. The second-order valence-electron chi connectivity index (χ2n) is 4.19. The number of furan rings is 1. The second-order valence-corrected chi connectivity index (χ2v) is 4.19. The van der Waals surface area contributed by atoms with Crippen LogP contribution >= 0.6 is 0 Å².